The Kier molecular flexibility index (Phi) is 6.61. The number of aromatic amines is 1. The first-order valence-electron chi connectivity index (χ1n) is 7.96. The maximum absolute atomic E-state index is 12.0. The number of carbonyl (C=O) groups excluding carboxylic acids is 1. The minimum atomic E-state index is -0.518. The lowest BCUT2D eigenvalue weighted by Crippen LogP contribution is -2.14. The molecule has 0 unspecified atom stereocenters. The van der Waals surface area contributed by atoms with Gasteiger partial charge in [-0.3, -0.25) is 20.0 Å². The van der Waals surface area contributed by atoms with E-state index >= 15 is 0 Å². The molecule has 1 heterocycles. The molecule has 2 N–H and O–H groups in total. The van der Waals surface area contributed by atoms with Gasteiger partial charge in [0.1, 0.15) is 12.4 Å². The summed E-state index contributed by atoms with van der Waals surface area (Å²) in [5.41, 5.74) is 0.271. The average molecular weight is 464 g/mol. The summed E-state index contributed by atoms with van der Waals surface area (Å²) in [7, 11) is 0. The molecule has 28 heavy (non-hydrogen) atoms. The molecular formula is C17H14BrN5O4S. The van der Waals surface area contributed by atoms with Crippen molar-refractivity contribution in [1.82, 2.24) is 15.2 Å². The smallest absolute Gasteiger partial charge is 0.271 e. The van der Waals surface area contributed by atoms with Crippen molar-refractivity contribution in [2.24, 2.45) is 0 Å². The number of aromatic nitrogens is 3. The third kappa shape index (κ3) is 5.79. The number of benzene rings is 2. The molecular weight excluding hydrogens is 450 g/mol. The first kappa shape index (κ1) is 19.8. The van der Waals surface area contributed by atoms with Crippen LogP contribution in [0.1, 0.15) is 5.82 Å². The molecule has 0 saturated carbocycles. The number of hydrogen-bond donors (Lipinski definition) is 2. The van der Waals surface area contributed by atoms with Crippen LogP contribution in [0.4, 0.5) is 11.4 Å². The molecule has 3 rings (SSSR count). The van der Waals surface area contributed by atoms with Crippen LogP contribution in [0.3, 0.4) is 0 Å². The molecule has 3 aromatic rings. The number of thioether (sulfide) groups is 1. The van der Waals surface area contributed by atoms with Gasteiger partial charge in [0.2, 0.25) is 11.1 Å². The number of hydrogen-bond acceptors (Lipinski definition) is 7. The summed E-state index contributed by atoms with van der Waals surface area (Å²) in [5.74, 6) is 0.978. The van der Waals surface area contributed by atoms with Gasteiger partial charge in [-0.25, -0.2) is 4.98 Å². The molecule has 2 aromatic carbocycles. The Morgan fingerprint density at radius 1 is 1.29 bits per heavy atom. The van der Waals surface area contributed by atoms with Gasteiger partial charge in [-0.2, -0.15) is 0 Å². The Balaban J connectivity index is 1.47. The quantitative estimate of drug-likeness (QED) is 0.295. The van der Waals surface area contributed by atoms with Gasteiger partial charge < -0.3 is 10.1 Å². The number of rotatable bonds is 8. The van der Waals surface area contributed by atoms with Crippen LogP contribution in [0.5, 0.6) is 5.75 Å². The molecule has 0 spiro atoms. The first-order chi connectivity index (χ1) is 13.5. The van der Waals surface area contributed by atoms with Gasteiger partial charge in [0, 0.05) is 22.3 Å². The molecule has 0 radical (unpaired) electrons. The van der Waals surface area contributed by atoms with Crippen LogP contribution in [0.25, 0.3) is 0 Å². The van der Waals surface area contributed by atoms with Crippen LogP contribution in [0.2, 0.25) is 0 Å². The van der Waals surface area contributed by atoms with E-state index in [2.05, 4.69) is 36.4 Å². The van der Waals surface area contributed by atoms with Crippen molar-refractivity contribution in [3.63, 3.8) is 0 Å². The number of anilines is 1. The van der Waals surface area contributed by atoms with E-state index < -0.39 is 4.92 Å². The fourth-order valence-corrected chi connectivity index (χ4v) is 3.00. The fraction of sp³-hybridized carbons (Fsp3) is 0.118. The van der Waals surface area contributed by atoms with Crippen LogP contribution in [0.15, 0.2) is 58.2 Å². The molecule has 1 aromatic heterocycles. The Hall–Kier alpha value is -2.92. The number of nitro groups is 1. The second-order valence-corrected chi connectivity index (χ2v) is 7.31. The van der Waals surface area contributed by atoms with Crippen molar-refractivity contribution in [2.45, 2.75) is 11.8 Å². The van der Waals surface area contributed by atoms with Crippen molar-refractivity contribution >= 4 is 45.0 Å². The van der Waals surface area contributed by atoms with Crippen LogP contribution in [0, 0.1) is 10.1 Å². The highest BCUT2D eigenvalue weighted by Gasteiger charge is 2.11. The number of amides is 1. The molecule has 0 saturated heterocycles. The highest BCUT2D eigenvalue weighted by molar-refractivity contribution is 9.10. The van der Waals surface area contributed by atoms with Crippen LogP contribution >= 0.6 is 27.7 Å². The third-order valence-electron chi connectivity index (χ3n) is 3.37. The zero-order valence-electron chi connectivity index (χ0n) is 14.3. The van der Waals surface area contributed by atoms with E-state index in [4.69, 9.17) is 4.74 Å². The number of nitrogens with one attached hydrogen (secondary N) is 2. The SMILES string of the molecule is O=C(CSc1n[nH]c(COc2ccc(Br)cc2)n1)Nc1cccc([N+](=O)[O-])c1. The van der Waals surface area contributed by atoms with Gasteiger partial charge in [0.05, 0.1) is 10.7 Å². The maximum atomic E-state index is 12.0. The number of nitrogens with zero attached hydrogens (tertiary/aromatic N) is 3. The van der Waals surface area contributed by atoms with Gasteiger partial charge in [0.15, 0.2) is 5.82 Å². The number of halogens is 1. The molecule has 0 bridgehead atoms. The van der Waals surface area contributed by atoms with Crippen molar-refractivity contribution in [1.29, 1.82) is 0 Å². The Labute approximate surface area is 172 Å². The molecule has 1 amide bonds. The maximum Gasteiger partial charge on any atom is 0.271 e. The zero-order valence-corrected chi connectivity index (χ0v) is 16.7. The summed E-state index contributed by atoms with van der Waals surface area (Å²) in [6.07, 6.45) is 0. The predicted octanol–water partition coefficient (Wildman–Crippen LogP) is 3.79. The van der Waals surface area contributed by atoms with Crippen LogP contribution < -0.4 is 10.1 Å². The second kappa shape index (κ2) is 9.33. The van der Waals surface area contributed by atoms with Gasteiger partial charge in [0.25, 0.3) is 5.69 Å². The molecule has 11 heteroatoms. The summed E-state index contributed by atoms with van der Waals surface area (Å²) < 4.78 is 6.56. The van der Waals surface area contributed by atoms with Crippen molar-refractivity contribution in [2.75, 3.05) is 11.1 Å². The molecule has 0 atom stereocenters. The van der Waals surface area contributed by atoms with Crippen molar-refractivity contribution in [3.05, 3.63) is 68.9 Å². The minimum Gasteiger partial charge on any atom is -0.486 e. The largest absolute Gasteiger partial charge is 0.486 e. The summed E-state index contributed by atoms with van der Waals surface area (Å²) in [6, 6.07) is 13.1. The van der Waals surface area contributed by atoms with E-state index in [-0.39, 0.29) is 24.0 Å². The highest BCUT2D eigenvalue weighted by Crippen LogP contribution is 2.19. The monoisotopic (exact) mass is 463 g/mol. The minimum absolute atomic E-state index is 0.0631. The lowest BCUT2D eigenvalue weighted by Gasteiger charge is -2.04. The summed E-state index contributed by atoms with van der Waals surface area (Å²) in [6.45, 7) is 0.217. The molecule has 0 aliphatic rings. The van der Waals surface area contributed by atoms with E-state index in [1.165, 1.54) is 18.2 Å². The number of H-pyrrole nitrogens is 1. The topological polar surface area (TPSA) is 123 Å². The molecule has 9 nitrogen and oxygen atoms in total. The average Bonchev–Trinajstić information content (AvgIpc) is 3.14. The second-order valence-electron chi connectivity index (χ2n) is 5.45. The molecule has 144 valence electrons. The van der Waals surface area contributed by atoms with Crippen molar-refractivity contribution < 1.29 is 14.5 Å². The van der Waals surface area contributed by atoms with Gasteiger partial charge in [-0.1, -0.05) is 33.8 Å². The Morgan fingerprint density at radius 2 is 2.07 bits per heavy atom. The summed E-state index contributed by atoms with van der Waals surface area (Å²) in [4.78, 5) is 26.5. The first-order valence-corrected chi connectivity index (χ1v) is 9.74. The number of ether oxygens (including phenoxy) is 1. The van der Waals surface area contributed by atoms with Gasteiger partial charge in [-0.15, -0.1) is 5.10 Å². The number of non-ortho nitro benzene ring substituents is 1. The summed E-state index contributed by atoms with van der Waals surface area (Å²) >= 11 is 4.50. The van der Waals surface area contributed by atoms with Gasteiger partial charge >= 0.3 is 0 Å². The number of carbonyl (C=O) groups is 1. The lowest BCUT2D eigenvalue weighted by molar-refractivity contribution is -0.384. The van der Waals surface area contributed by atoms with E-state index in [9.17, 15) is 14.9 Å². The van der Waals surface area contributed by atoms with E-state index in [1.807, 2.05) is 24.3 Å². The normalized spacial score (nSPS) is 10.5. The Bertz CT molecular complexity index is 980. The lowest BCUT2D eigenvalue weighted by atomic mass is 10.3. The predicted molar refractivity (Wildman–Crippen MR) is 107 cm³/mol. The Morgan fingerprint density at radius 3 is 2.82 bits per heavy atom. The molecule has 0 aliphatic heterocycles. The van der Waals surface area contributed by atoms with Crippen molar-refractivity contribution in [3.8, 4) is 5.75 Å². The van der Waals surface area contributed by atoms with Crippen LogP contribution in [-0.4, -0.2) is 31.8 Å². The third-order valence-corrected chi connectivity index (χ3v) is 4.75. The van der Waals surface area contributed by atoms with E-state index in [0.717, 1.165) is 16.2 Å². The standard InChI is InChI=1S/C17H14BrN5O4S/c18-11-4-6-14(7-5-11)27-9-15-20-17(22-21-15)28-10-16(24)19-12-2-1-3-13(8-12)23(25)26/h1-8H,9-10H2,(H,19,24)(H,20,21,22). The van der Waals surface area contributed by atoms with Crippen LogP contribution in [-0.2, 0) is 11.4 Å². The van der Waals surface area contributed by atoms with Gasteiger partial charge in [-0.05, 0) is 30.3 Å². The highest BCUT2D eigenvalue weighted by atomic mass is 79.9. The fourth-order valence-electron chi connectivity index (χ4n) is 2.11. The number of nitro benzene ring substituents is 1. The van der Waals surface area contributed by atoms with E-state index in [0.29, 0.717) is 22.4 Å². The summed E-state index contributed by atoms with van der Waals surface area (Å²) in [5, 5.41) is 20.6. The zero-order chi connectivity index (χ0) is 19.9. The van der Waals surface area contributed by atoms with E-state index in [1.54, 1.807) is 6.07 Å². The molecule has 0 aliphatic carbocycles. The molecule has 0 fully saturated rings.